The van der Waals surface area contributed by atoms with E-state index in [-0.39, 0.29) is 5.91 Å². The van der Waals surface area contributed by atoms with Gasteiger partial charge in [0.1, 0.15) is 5.75 Å². The predicted octanol–water partition coefficient (Wildman–Crippen LogP) is 2.47. The number of aromatic nitrogens is 3. The average molecular weight is 328 g/mol. The van der Waals surface area contributed by atoms with E-state index in [1.165, 1.54) is 0 Å². The highest BCUT2D eigenvalue weighted by atomic mass is 16.5. The zero-order valence-corrected chi connectivity index (χ0v) is 14.1. The molecule has 3 rings (SSSR count). The first-order chi connectivity index (χ1) is 11.8. The summed E-state index contributed by atoms with van der Waals surface area (Å²) in [5.74, 6) is 1.10. The van der Waals surface area contributed by atoms with Crippen LogP contribution in [0, 0.1) is 0 Å². The molecule has 1 aromatic carbocycles. The molecule has 6 nitrogen and oxygen atoms in total. The van der Waals surface area contributed by atoms with Gasteiger partial charge in [-0.3, -0.25) is 4.79 Å². The first-order valence-corrected chi connectivity index (χ1v) is 8.62. The molecule has 128 valence electrons. The normalized spacial score (nSPS) is 15.5. The number of amides is 1. The third-order valence-electron chi connectivity index (χ3n) is 4.46. The van der Waals surface area contributed by atoms with E-state index in [4.69, 9.17) is 4.74 Å². The number of likely N-dealkylation sites (tertiary alicyclic amines) is 1. The van der Waals surface area contributed by atoms with Crippen LogP contribution in [0.1, 0.15) is 37.8 Å². The van der Waals surface area contributed by atoms with Gasteiger partial charge in [-0.2, -0.15) is 15.0 Å². The first kappa shape index (κ1) is 16.5. The van der Waals surface area contributed by atoms with Gasteiger partial charge in [-0.05, 0) is 37.8 Å². The molecule has 1 amide bonds. The van der Waals surface area contributed by atoms with Crippen LogP contribution in [0.5, 0.6) is 5.75 Å². The van der Waals surface area contributed by atoms with Crippen molar-refractivity contribution in [2.75, 3.05) is 19.7 Å². The third kappa shape index (κ3) is 3.93. The maximum Gasteiger partial charge on any atom is 0.222 e. The van der Waals surface area contributed by atoms with Crippen molar-refractivity contribution in [3.05, 3.63) is 42.2 Å². The number of para-hydroxylation sites is 1. The Morgan fingerprint density at radius 3 is 2.62 bits per heavy atom. The van der Waals surface area contributed by atoms with Crippen LogP contribution in [-0.2, 0) is 11.2 Å². The van der Waals surface area contributed by atoms with Crippen molar-refractivity contribution in [2.45, 2.75) is 38.6 Å². The molecular weight excluding hydrogens is 304 g/mol. The van der Waals surface area contributed by atoms with Gasteiger partial charge >= 0.3 is 0 Å². The molecule has 2 heterocycles. The number of piperidine rings is 1. The summed E-state index contributed by atoms with van der Waals surface area (Å²) in [5, 5.41) is 8.40. The molecule has 0 N–H and O–H groups in total. The summed E-state index contributed by atoms with van der Waals surface area (Å²) in [5.41, 5.74) is 1.10. The van der Waals surface area contributed by atoms with Crippen LogP contribution in [0.2, 0.25) is 0 Å². The number of ether oxygens (including phenoxy) is 1. The Bertz CT molecular complexity index is 649. The molecule has 0 aliphatic carbocycles. The molecule has 0 saturated carbocycles. The molecule has 0 radical (unpaired) electrons. The first-order valence-electron chi connectivity index (χ1n) is 8.62. The number of carbonyl (C=O) groups is 1. The molecule has 0 bridgehead atoms. The third-order valence-corrected chi connectivity index (χ3v) is 4.46. The summed E-state index contributed by atoms with van der Waals surface area (Å²) in [7, 11) is 0. The summed E-state index contributed by atoms with van der Waals surface area (Å²) >= 11 is 0. The zero-order chi connectivity index (χ0) is 16.8. The predicted molar refractivity (Wildman–Crippen MR) is 90.8 cm³/mol. The fourth-order valence-electron chi connectivity index (χ4n) is 3.17. The van der Waals surface area contributed by atoms with E-state index in [1.807, 2.05) is 36.1 Å². The van der Waals surface area contributed by atoms with Gasteiger partial charge in [0.15, 0.2) is 0 Å². The molecular formula is C18H24N4O2. The van der Waals surface area contributed by atoms with Crippen LogP contribution < -0.4 is 4.74 Å². The van der Waals surface area contributed by atoms with Gasteiger partial charge in [-0.15, -0.1) is 0 Å². The van der Waals surface area contributed by atoms with Crippen molar-refractivity contribution < 1.29 is 9.53 Å². The molecule has 0 spiro atoms. The Labute approximate surface area is 142 Å². The second kappa shape index (κ2) is 7.95. The molecule has 1 fully saturated rings. The second-order valence-electron chi connectivity index (χ2n) is 6.00. The minimum atomic E-state index is 0.216. The van der Waals surface area contributed by atoms with Crippen LogP contribution in [0.3, 0.4) is 0 Å². The zero-order valence-electron chi connectivity index (χ0n) is 14.1. The minimum absolute atomic E-state index is 0.216. The number of carbonyl (C=O) groups excluding carboxylic acids is 1. The van der Waals surface area contributed by atoms with Crippen LogP contribution in [-0.4, -0.2) is 45.5 Å². The van der Waals surface area contributed by atoms with Crippen LogP contribution >= 0.6 is 0 Å². The number of aryl methyl sites for hydroxylation is 1. The number of nitrogens with zero attached hydrogens (tertiary/aromatic N) is 4. The standard InChI is InChI=1S/C18H24N4O2/c1-2-24-17-6-4-3-5-15(17)7-8-18(23)21-13-9-16(10-14-21)22-19-11-12-20-22/h3-6,11-12,16H,2,7-10,13-14H2,1H3. The Morgan fingerprint density at radius 1 is 1.21 bits per heavy atom. The summed E-state index contributed by atoms with van der Waals surface area (Å²) in [6.45, 7) is 4.16. The molecule has 6 heteroatoms. The summed E-state index contributed by atoms with van der Waals surface area (Å²) in [6, 6.07) is 8.26. The highest BCUT2D eigenvalue weighted by Crippen LogP contribution is 2.23. The molecule has 1 saturated heterocycles. The van der Waals surface area contributed by atoms with Gasteiger partial charge in [-0.1, -0.05) is 18.2 Å². The van der Waals surface area contributed by atoms with Crippen molar-refractivity contribution >= 4 is 5.91 Å². The van der Waals surface area contributed by atoms with Gasteiger partial charge in [0.25, 0.3) is 0 Å². The number of hydrogen-bond acceptors (Lipinski definition) is 4. The summed E-state index contributed by atoms with van der Waals surface area (Å²) in [6.07, 6.45) is 6.47. The van der Waals surface area contributed by atoms with Gasteiger partial charge < -0.3 is 9.64 Å². The molecule has 1 aliphatic rings. The Balaban J connectivity index is 1.50. The van der Waals surface area contributed by atoms with Crippen LogP contribution in [0.25, 0.3) is 0 Å². The molecule has 2 aromatic rings. The van der Waals surface area contributed by atoms with E-state index >= 15 is 0 Å². The number of benzene rings is 1. The van der Waals surface area contributed by atoms with E-state index in [2.05, 4.69) is 10.2 Å². The molecule has 24 heavy (non-hydrogen) atoms. The van der Waals surface area contributed by atoms with Crippen LogP contribution in [0.4, 0.5) is 0 Å². The number of hydrogen-bond donors (Lipinski definition) is 0. The lowest BCUT2D eigenvalue weighted by Crippen LogP contribution is -2.39. The van der Waals surface area contributed by atoms with E-state index in [0.717, 1.165) is 43.7 Å². The Kier molecular flexibility index (Phi) is 5.46. The van der Waals surface area contributed by atoms with Crippen molar-refractivity contribution in [3.63, 3.8) is 0 Å². The molecule has 0 atom stereocenters. The lowest BCUT2D eigenvalue weighted by Gasteiger charge is -2.31. The smallest absolute Gasteiger partial charge is 0.222 e. The second-order valence-corrected chi connectivity index (χ2v) is 6.00. The summed E-state index contributed by atoms with van der Waals surface area (Å²) in [4.78, 5) is 16.2. The molecule has 1 aromatic heterocycles. The fraction of sp³-hybridized carbons (Fsp3) is 0.500. The lowest BCUT2D eigenvalue weighted by atomic mass is 10.0. The topological polar surface area (TPSA) is 60.2 Å². The van der Waals surface area contributed by atoms with Crippen molar-refractivity contribution in [1.29, 1.82) is 0 Å². The van der Waals surface area contributed by atoms with Gasteiger partial charge in [-0.25, -0.2) is 0 Å². The van der Waals surface area contributed by atoms with E-state index in [9.17, 15) is 4.79 Å². The van der Waals surface area contributed by atoms with Gasteiger partial charge in [0, 0.05) is 19.5 Å². The largest absolute Gasteiger partial charge is 0.494 e. The Hall–Kier alpha value is -2.37. The van der Waals surface area contributed by atoms with Crippen LogP contribution in [0.15, 0.2) is 36.7 Å². The fourth-order valence-corrected chi connectivity index (χ4v) is 3.17. The highest BCUT2D eigenvalue weighted by Gasteiger charge is 2.24. The van der Waals surface area contributed by atoms with E-state index in [1.54, 1.807) is 17.2 Å². The maximum atomic E-state index is 12.5. The van der Waals surface area contributed by atoms with Crippen molar-refractivity contribution in [1.82, 2.24) is 19.9 Å². The summed E-state index contributed by atoms with van der Waals surface area (Å²) < 4.78 is 5.63. The molecule has 1 aliphatic heterocycles. The van der Waals surface area contributed by atoms with E-state index in [0.29, 0.717) is 19.1 Å². The SMILES string of the molecule is CCOc1ccccc1CCC(=O)N1CCC(n2nccn2)CC1. The average Bonchev–Trinajstić information content (AvgIpc) is 3.16. The maximum absolute atomic E-state index is 12.5. The lowest BCUT2D eigenvalue weighted by molar-refractivity contribution is -0.132. The minimum Gasteiger partial charge on any atom is -0.494 e. The monoisotopic (exact) mass is 328 g/mol. The highest BCUT2D eigenvalue weighted by molar-refractivity contribution is 5.76. The van der Waals surface area contributed by atoms with Crippen molar-refractivity contribution in [2.24, 2.45) is 0 Å². The van der Waals surface area contributed by atoms with Gasteiger partial charge in [0.05, 0.1) is 25.0 Å². The quantitative estimate of drug-likeness (QED) is 0.817. The van der Waals surface area contributed by atoms with E-state index < -0.39 is 0 Å². The van der Waals surface area contributed by atoms with Gasteiger partial charge in [0.2, 0.25) is 5.91 Å². The Morgan fingerprint density at radius 2 is 1.92 bits per heavy atom. The van der Waals surface area contributed by atoms with Crippen molar-refractivity contribution in [3.8, 4) is 5.75 Å². The number of rotatable bonds is 6. The molecule has 0 unspecified atom stereocenters.